The third-order valence-corrected chi connectivity index (χ3v) is 6.39. The van der Waals surface area contributed by atoms with Gasteiger partial charge in [0.15, 0.2) is 0 Å². The van der Waals surface area contributed by atoms with Crippen LogP contribution in [0.15, 0.2) is 29.2 Å². The van der Waals surface area contributed by atoms with Gasteiger partial charge in [-0.3, -0.25) is 9.35 Å². The molecule has 2 N–H and O–H groups in total. The Bertz CT molecular complexity index is 670. The maximum atomic E-state index is 10.5. The van der Waals surface area contributed by atoms with E-state index in [0.717, 1.165) is 30.2 Å². The molecule has 3 saturated carbocycles. The summed E-state index contributed by atoms with van der Waals surface area (Å²) in [5.41, 5.74) is 1.66. The Morgan fingerprint density at radius 3 is 1.92 bits per heavy atom. The predicted octanol–water partition coefficient (Wildman–Crippen LogP) is 4.41. The molecule has 0 aliphatic heterocycles. The van der Waals surface area contributed by atoms with Crippen LogP contribution in [0.4, 0.5) is 0 Å². The van der Waals surface area contributed by atoms with E-state index in [4.69, 9.17) is 14.5 Å². The van der Waals surface area contributed by atoms with Gasteiger partial charge in [0, 0.05) is 6.92 Å². The van der Waals surface area contributed by atoms with E-state index in [9.17, 15) is 8.42 Å². The van der Waals surface area contributed by atoms with Gasteiger partial charge in [0.2, 0.25) is 0 Å². The molecule has 3 atom stereocenters. The van der Waals surface area contributed by atoms with Crippen LogP contribution in [0.1, 0.15) is 52.5 Å². The van der Waals surface area contributed by atoms with Crippen molar-refractivity contribution in [3.8, 4) is 0 Å². The minimum Gasteiger partial charge on any atom is -0.481 e. The molecule has 0 spiro atoms. The lowest BCUT2D eigenvalue weighted by atomic mass is 9.46. The highest BCUT2D eigenvalue weighted by Gasteiger charge is 2.52. The van der Waals surface area contributed by atoms with Crippen molar-refractivity contribution in [1.29, 1.82) is 0 Å². The Morgan fingerprint density at radius 2 is 1.64 bits per heavy atom. The fraction of sp³-hybridized carbons (Fsp3) is 0.632. The van der Waals surface area contributed by atoms with Crippen LogP contribution >= 0.6 is 0 Å². The number of carboxylic acid groups (broad SMARTS) is 1. The van der Waals surface area contributed by atoms with Gasteiger partial charge in [-0.15, -0.1) is 0 Å². The van der Waals surface area contributed by atoms with E-state index in [0.29, 0.717) is 5.41 Å². The van der Waals surface area contributed by atoms with Crippen LogP contribution in [-0.4, -0.2) is 24.0 Å². The molecule has 25 heavy (non-hydrogen) atoms. The summed E-state index contributed by atoms with van der Waals surface area (Å²) in [5, 5.41) is 7.42. The molecule has 0 aromatic heterocycles. The highest BCUT2D eigenvalue weighted by atomic mass is 32.2. The van der Waals surface area contributed by atoms with Gasteiger partial charge in [-0.2, -0.15) is 8.42 Å². The number of carboxylic acids is 1. The summed E-state index contributed by atoms with van der Waals surface area (Å²) in [6.07, 6.45) is 4.54. The zero-order valence-electron chi connectivity index (χ0n) is 15.7. The molecular weight excluding hydrogens is 340 g/mol. The second-order valence-electron chi connectivity index (χ2n) is 7.72. The molecule has 142 valence electrons. The smallest absolute Gasteiger partial charge is 0.300 e. The first-order valence-corrected chi connectivity index (χ1v) is 10.0. The standard InChI is InChI=1S/C10H18.C7H8O3S.C2H4O2/c1-7-4-5-8-6-9(7)10(8,2)3;1-6-2-4-7(5-3-6)11(8,9)10;1-2(3)4/h7-9H,4-6H2,1-3H3;2-5H,1H3,(H,8,9,10);1H3,(H,3,4). The van der Waals surface area contributed by atoms with Crippen molar-refractivity contribution in [2.24, 2.45) is 23.2 Å². The Labute approximate surface area is 151 Å². The van der Waals surface area contributed by atoms with Crippen molar-refractivity contribution >= 4 is 16.1 Å². The lowest BCUT2D eigenvalue weighted by Gasteiger charge is -2.59. The van der Waals surface area contributed by atoms with Gasteiger partial charge in [0.25, 0.3) is 16.1 Å². The van der Waals surface area contributed by atoms with Crippen molar-refractivity contribution < 1.29 is 22.9 Å². The Morgan fingerprint density at radius 1 is 1.16 bits per heavy atom. The SMILES string of the molecule is CC(=O)O.CC1CCC2CC1C2(C)C.Cc1ccc(S(=O)(=O)O)cc1. The van der Waals surface area contributed by atoms with Gasteiger partial charge in [-0.25, -0.2) is 0 Å². The molecule has 3 aliphatic rings. The molecule has 3 unspecified atom stereocenters. The van der Waals surface area contributed by atoms with Crippen LogP contribution in [0, 0.1) is 30.1 Å². The summed E-state index contributed by atoms with van der Waals surface area (Å²) in [7, 11) is -4.02. The van der Waals surface area contributed by atoms with Crippen molar-refractivity contribution in [1.82, 2.24) is 0 Å². The molecule has 5 nitrogen and oxygen atoms in total. The molecular formula is C19H30O5S. The molecule has 1 aromatic carbocycles. The van der Waals surface area contributed by atoms with E-state index in [-0.39, 0.29) is 4.90 Å². The second kappa shape index (κ2) is 8.32. The third-order valence-electron chi connectivity index (χ3n) is 5.52. The van der Waals surface area contributed by atoms with E-state index in [1.807, 2.05) is 6.92 Å². The summed E-state index contributed by atoms with van der Waals surface area (Å²) in [4.78, 5) is 8.93. The largest absolute Gasteiger partial charge is 0.481 e. The number of aliphatic carboxylic acids is 1. The molecule has 1 aromatic rings. The van der Waals surface area contributed by atoms with E-state index < -0.39 is 16.1 Å². The average molecular weight is 371 g/mol. The van der Waals surface area contributed by atoms with Crippen LogP contribution in [0.2, 0.25) is 0 Å². The molecule has 2 bridgehead atoms. The number of hydrogen-bond donors (Lipinski definition) is 2. The van der Waals surface area contributed by atoms with Crippen molar-refractivity contribution in [3.63, 3.8) is 0 Å². The fourth-order valence-electron chi connectivity index (χ4n) is 3.89. The first-order valence-electron chi connectivity index (χ1n) is 8.59. The van der Waals surface area contributed by atoms with Crippen LogP contribution in [0.25, 0.3) is 0 Å². The number of aryl methyl sites for hydroxylation is 1. The Hall–Kier alpha value is -1.40. The fourth-order valence-corrected chi connectivity index (χ4v) is 4.37. The molecule has 0 saturated heterocycles. The minimum atomic E-state index is -4.02. The van der Waals surface area contributed by atoms with E-state index >= 15 is 0 Å². The zero-order chi connectivity index (χ0) is 19.4. The normalized spacial score (nSPS) is 26.1. The van der Waals surface area contributed by atoms with Crippen molar-refractivity contribution in [3.05, 3.63) is 29.8 Å². The second-order valence-corrected chi connectivity index (χ2v) is 9.14. The summed E-state index contributed by atoms with van der Waals surface area (Å²) in [6, 6.07) is 5.99. The molecule has 0 amide bonds. The van der Waals surface area contributed by atoms with Gasteiger partial charge in [-0.1, -0.05) is 44.9 Å². The maximum Gasteiger partial charge on any atom is 0.300 e. The lowest BCUT2D eigenvalue weighted by Crippen LogP contribution is -2.51. The van der Waals surface area contributed by atoms with E-state index in [2.05, 4.69) is 20.8 Å². The quantitative estimate of drug-likeness (QED) is 0.714. The monoisotopic (exact) mass is 370 g/mol. The highest BCUT2D eigenvalue weighted by molar-refractivity contribution is 7.85. The first kappa shape index (κ1) is 21.6. The number of benzene rings is 1. The summed E-state index contributed by atoms with van der Waals surface area (Å²) in [6.45, 7) is 10.3. The van der Waals surface area contributed by atoms with Crippen molar-refractivity contribution in [2.75, 3.05) is 0 Å². The van der Waals surface area contributed by atoms with Gasteiger partial charge in [0.05, 0.1) is 4.90 Å². The molecule has 3 aliphatic carbocycles. The van der Waals surface area contributed by atoms with Crippen LogP contribution in [0.3, 0.4) is 0 Å². The first-order chi connectivity index (χ1) is 11.4. The summed E-state index contributed by atoms with van der Waals surface area (Å²) >= 11 is 0. The third kappa shape index (κ3) is 6.12. The van der Waals surface area contributed by atoms with Gasteiger partial charge >= 0.3 is 0 Å². The van der Waals surface area contributed by atoms with Crippen LogP contribution in [-0.2, 0) is 14.9 Å². The summed E-state index contributed by atoms with van der Waals surface area (Å²) in [5.74, 6) is 2.32. The number of fused-ring (bicyclic) bond motifs is 2. The van der Waals surface area contributed by atoms with E-state index in [1.54, 1.807) is 12.1 Å². The van der Waals surface area contributed by atoms with E-state index in [1.165, 1.54) is 31.4 Å². The Balaban J connectivity index is 0.000000208. The highest BCUT2D eigenvalue weighted by Crippen LogP contribution is 2.61. The van der Waals surface area contributed by atoms with Crippen LogP contribution < -0.4 is 0 Å². The molecule has 0 radical (unpaired) electrons. The number of hydrogen-bond acceptors (Lipinski definition) is 3. The van der Waals surface area contributed by atoms with Crippen molar-refractivity contribution in [2.45, 2.75) is 58.8 Å². The van der Waals surface area contributed by atoms with Gasteiger partial charge in [-0.05, 0) is 55.1 Å². The summed E-state index contributed by atoms with van der Waals surface area (Å²) < 4.78 is 29.6. The molecule has 3 fully saturated rings. The topological polar surface area (TPSA) is 91.7 Å². The van der Waals surface area contributed by atoms with Gasteiger partial charge in [0.1, 0.15) is 0 Å². The molecule has 0 heterocycles. The Kier molecular flexibility index (Phi) is 7.20. The minimum absolute atomic E-state index is 0.0666. The number of rotatable bonds is 1. The number of carbonyl (C=O) groups is 1. The average Bonchev–Trinajstić information content (AvgIpc) is 2.46. The zero-order valence-corrected chi connectivity index (χ0v) is 16.5. The molecule has 6 heteroatoms. The van der Waals surface area contributed by atoms with Crippen LogP contribution in [0.5, 0.6) is 0 Å². The predicted molar refractivity (Wildman–Crippen MR) is 98.1 cm³/mol. The maximum absolute atomic E-state index is 10.5. The van der Waals surface area contributed by atoms with Gasteiger partial charge < -0.3 is 5.11 Å². The molecule has 4 rings (SSSR count). The lowest BCUT2D eigenvalue weighted by molar-refractivity contribution is -0.134.